The lowest BCUT2D eigenvalue weighted by molar-refractivity contribution is 0.0695. The molecule has 1 fully saturated rings. The van der Waals surface area contributed by atoms with Gasteiger partial charge in [0.25, 0.3) is 0 Å². The van der Waals surface area contributed by atoms with E-state index >= 15 is 0 Å². The van der Waals surface area contributed by atoms with Gasteiger partial charge in [-0.1, -0.05) is 6.92 Å². The highest BCUT2D eigenvalue weighted by Gasteiger charge is 2.33. The minimum atomic E-state index is -1.14. The third kappa shape index (κ3) is 2.04. The number of carbonyl (C=O) groups is 1. The predicted molar refractivity (Wildman–Crippen MR) is 62.3 cm³/mol. The molecule has 3 nitrogen and oxygen atoms in total. The molecule has 0 heterocycles. The Bertz CT molecular complexity index is 450. The maximum Gasteiger partial charge on any atom is 0.336 e. The van der Waals surface area contributed by atoms with E-state index in [1.165, 1.54) is 12.1 Å². The molecule has 2 unspecified atom stereocenters. The second kappa shape index (κ2) is 4.05. The summed E-state index contributed by atoms with van der Waals surface area (Å²) >= 11 is 2.96. The summed E-state index contributed by atoms with van der Waals surface area (Å²) in [6.07, 6.45) is 1.03. The first-order valence-electron chi connectivity index (χ1n) is 4.98. The Hall–Kier alpha value is -1.10. The molecule has 0 bridgehead atoms. The molecule has 2 rings (SSSR count). The highest BCUT2D eigenvalue weighted by Crippen LogP contribution is 2.35. The van der Waals surface area contributed by atoms with Crippen molar-refractivity contribution in [3.63, 3.8) is 0 Å². The molecule has 2 atom stereocenters. The summed E-state index contributed by atoms with van der Waals surface area (Å²) in [5.41, 5.74) is 0.290. The molecule has 0 saturated heterocycles. The van der Waals surface area contributed by atoms with E-state index < -0.39 is 11.8 Å². The molecule has 1 aliphatic rings. The molecule has 86 valence electrons. The number of aromatic carboxylic acids is 1. The van der Waals surface area contributed by atoms with Crippen molar-refractivity contribution < 1.29 is 14.3 Å². The van der Waals surface area contributed by atoms with Crippen LogP contribution in [0.1, 0.15) is 23.7 Å². The quantitative estimate of drug-likeness (QED) is 0.898. The van der Waals surface area contributed by atoms with Crippen LogP contribution in [-0.2, 0) is 0 Å². The first-order valence-corrected chi connectivity index (χ1v) is 5.78. The Morgan fingerprint density at radius 2 is 2.25 bits per heavy atom. The van der Waals surface area contributed by atoms with Crippen LogP contribution in [0.15, 0.2) is 16.6 Å². The van der Waals surface area contributed by atoms with Crippen molar-refractivity contribution in [1.29, 1.82) is 0 Å². The molecular weight excluding hydrogens is 277 g/mol. The number of nitrogens with one attached hydrogen (secondary N) is 1. The lowest BCUT2D eigenvalue weighted by atomic mass is 10.2. The zero-order chi connectivity index (χ0) is 11.9. The van der Waals surface area contributed by atoms with Crippen molar-refractivity contribution in [3.05, 3.63) is 28.0 Å². The highest BCUT2D eigenvalue weighted by atomic mass is 79.9. The second-order valence-electron chi connectivity index (χ2n) is 4.06. The lowest BCUT2D eigenvalue weighted by Crippen LogP contribution is -2.07. The smallest absolute Gasteiger partial charge is 0.336 e. The fourth-order valence-electron chi connectivity index (χ4n) is 1.55. The van der Waals surface area contributed by atoms with Crippen LogP contribution in [0, 0.1) is 11.7 Å². The number of hydrogen-bond acceptors (Lipinski definition) is 2. The molecule has 0 amide bonds. The molecule has 16 heavy (non-hydrogen) atoms. The summed E-state index contributed by atoms with van der Waals surface area (Å²) in [5, 5.41) is 11.8. The van der Waals surface area contributed by atoms with Gasteiger partial charge in [-0.15, -0.1) is 0 Å². The minimum absolute atomic E-state index is 0.00157. The molecule has 0 radical (unpaired) electrons. The topological polar surface area (TPSA) is 49.3 Å². The number of hydrogen-bond donors (Lipinski definition) is 2. The Morgan fingerprint density at radius 3 is 2.75 bits per heavy atom. The summed E-state index contributed by atoms with van der Waals surface area (Å²) in [4.78, 5) is 10.8. The molecule has 5 heteroatoms. The van der Waals surface area contributed by atoms with Crippen LogP contribution in [-0.4, -0.2) is 17.1 Å². The van der Waals surface area contributed by atoms with Crippen molar-refractivity contribution >= 4 is 27.6 Å². The number of carboxylic acid groups (broad SMARTS) is 1. The van der Waals surface area contributed by atoms with Gasteiger partial charge in [-0.25, -0.2) is 9.18 Å². The normalized spacial score (nSPS) is 22.9. The van der Waals surface area contributed by atoms with Gasteiger partial charge in [0.2, 0.25) is 0 Å². The van der Waals surface area contributed by atoms with Crippen LogP contribution in [0.2, 0.25) is 0 Å². The summed E-state index contributed by atoms with van der Waals surface area (Å²) in [6.45, 7) is 2.08. The van der Waals surface area contributed by atoms with Gasteiger partial charge in [0.05, 0.1) is 15.7 Å². The van der Waals surface area contributed by atoms with E-state index in [9.17, 15) is 9.18 Å². The SMILES string of the molecule is CC1CC1Nc1ccc(C(=O)O)c(Br)c1F. The Balaban J connectivity index is 2.27. The van der Waals surface area contributed by atoms with Crippen LogP contribution in [0.4, 0.5) is 10.1 Å². The predicted octanol–water partition coefficient (Wildman–Crippen LogP) is 3.11. The average Bonchev–Trinajstić information content (AvgIpc) is 2.89. The average molecular weight is 288 g/mol. The molecule has 0 spiro atoms. The van der Waals surface area contributed by atoms with Crippen molar-refractivity contribution in [3.8, 4) is 0 Å². The highest BCUT2D eigenvalue weighted by molar-refractivity contribution is 9.10. The van der Waals surface area contributed by atoms with Gasteiger partial charge in [0, 0.05) is 6.04 Å². The van der Waals surface area contributed by atoms with Crippen LogP contribution in [0.25, 0.3) is 0 Å². The van der Waals surface area contributed by atoms with Crippen molar-refractivity contribution in [2.45, 2.75) is 19.4 Å². The van der Waals surface area contributed by atoms with E-state index in [-0.39, 0.29) is 10.0 Å². The van der Waals surface area contributed by atoms with Crippen molar-refractivity contribution in [2.24, 2.45) is 5.92 Å². The molecule has 1 aliphatic carbocycles. The van der Waals surface area contributed by atoms with E-state index in [0.717, 1.165) is 6.42 Å². The van der Waals surface area contributed by atoms with Crippen LogP contribution in [0.3, 0.4) is 0 Å². The maximum absolute atomic E-state index is 13.8. The minimum Gasteiger partial charge on any atom is -0.478 e. The molecular formula is C11H11BrFNO2. The third-order valence-electron chi connectivity index (χ3n) is 2.76. The summed E-state index contributed by atoms with van der Waals surface area (Å²) in [5.74, 6) is -1.13. The maximum atomic E-state index is 13.8. The summed E-state index contributed by atoms with van der Waals surface area (Å²) < 4.78 is 13.8. The molecule has 2 N–H and O–H groups in total. The van der Waals surface area contributed by atoms with E-state index in [1.807, 2.05) is 0 Å². The van der Waals surface area contributed by atoms with Gasteiger partial charge in [-0.3, -0.25) is 0 Å². The molecule has 0 aliphatic heterocycles. The monoisotopic (exact) mass is 287 g/mol. The standard InChI is InChI=1S/C11H11BrFNO2/c1-5-4-8(5)14-7-3-2-6(11(15)16)9(12)10(7)13/h2-3,5,8,14H,4H2,1H3,(H,15,16). The van der Waals surface area contributed by atoms with Crippen molar-refractivity contribution in [2.75, 3.05) is 5.32 Å². The summed E-state index contributed by atoms with van der Waals surface area (Å²) in [7, 11) is 0. The van der Waals surface area contributed by atoms with Gasteiger partial charge in [-0.2, -0.15) is 0 Å². The van der Waals surface area contributed by atoms with Crippen LogP contribution >= 0.6 is 15.9 Å². The fourth-order valence-corrected chi connectivity index (χ4v) is 2.06. The van der Waals surface area contributed by atoms with Gasteiger partial charge < -0.3 is 10.4 Å². The van der Waals surface area contributed by atoms with E-state index in [0.29, 0.717) is 17.6 Å². The van der Waals surface area contributed by atoms with Gasteiger partial charge >= 0.3 is 5.97 Å². The number of benzene rings is 1. The van der Waals surface area contributed by atoms with Gasteiger partial charge in [0.15, 0.2) is 5.82 Å². The number of rotatable bonds is 3. The van der Waals surface area contributed by atoms with Gasteiger partial charge in [0.1, 0.15) is 0 Å². The summed E-state index contributed by atoms with van der Waals surface area (Å²) in [6, 6.07) is 3.16. The van der Waals surface area contributed by atoms with E-state index in [1.54, 1.807) is 0 Å². The second-order valence-corrected chi connectivity index (χ2v) is 4.85. The number of carboxylic acids is 1. The largest absolute Gasteiger partial charge is 0.478 e. The number of halogens is 2. The first-order chi connectivity index (χ1) is 7.50. The third-order valence-corrected chi connectivity index (χ3v) is 3.54. The lowest BCUT2D eigenvalue weighted by Gasteiger charge is -2.09. The zero-order valence-electron chi connectivity index (χ0n) is 8.63. The Morgan fingerprint density at radius 1 is 1.62 bits per heavy atom. The Labute approximate surface area is 101 Å². The molecule has 1 saturated carbocycles. The van der Waals surface area contributed by atoms with Crippen molar-refractivity contribution in [1.82, 2.24) is 0 Å². The molecule has 1 aromatic carbocycles. The number of anilines is 1. The Kier molecular flexibility index (Phi) is 2.88. The fraction of sp³-hybridized carbons (Fsp3) is 0.364. The van der Waals surface area contributed by atoms with E-state index in [4.69, 9.17) is 5.11 Å². The molecule has 0 aromatic heterocycles. The first kappa shape index (κ1) is 11.4. The van der Waals surface area contributed by atoms with Crippen LogP contribution < -0.4 is 5.32 Å². The van der Waals surface area contributed by atoms with Gasteiger partial charge in [-0.05, 0) is 40.4 Å². The zero-order valence-corrected chi connectivity index (χ0v) is 10.2. The van der Waals surface area contributed by atoms with E-state index in [2.05, 4.69) is 28.2 Å². The molecule has 1 aromatic rings. The van der Waals surface area contributed by atoms with Crippen LogP contribution in [0.5, 0.6) is 0 Å².